The number of ether oxygens (including phenoxy) is 1. The summed E-state index contributed by atoms with van der Waals surface area (Å²) in [6.45, 7) is 2.91. The highest BCUT2D eigenvalue weighted by Gasteiger charge is 2.22. The Balaban J connectivity index is 1.97. The van der Waals surface area contributed by atoms with Gasteiger partial charge >= 0.3 is 0 Å². The third-order valence-electron chi connectivity index (χ3n) is 4.31. The number of hydrogen-bond donors (Lipinski definition) is 0. The summed E-state index contributed by atoms with van der Waals surface area (Å²) in [4.78, 5) is 16.3. The SMILES string of the molecule is COc1ccc(CN(C)[C@@H](C)C(=O)N(C)Cc2ccccc2)cc1F. The van der Waals surface area contributed by atoms with E-state index in [0.29, 0.717) is 13.1 Å². The van der Waals surface area contributed by atoms with Gasteiger partial charge in [-0.3, -0.25) is 9.69 Å². The summed E-state index contributed by atoms with van der Waals surface area (Å²) < 4.78 is 18.7. The Morgan fingerprint density at radius 3 is 2.36 bits per heavy atom. The molecule has 0 heterocycles. The van der Waals surface area contributed by atoms with Crippen molar-refractivity contribution in [3.05, 3.63) is 65.5 Å². The van der Waals surface area contributed by atoms with Gasteiger partial charge in [0.1, 0.15) is 0 Å². The first-order valence-corrected chi connectivity index (χ1v) is 8.24. The number of likely N-dealkylation sites (N-methyl/N-ethyl adjacent to an activating group) is 2. The molecule has 2 aromatic carbocycles. The Morgan fingerprint density at radius 1 is 1.08 bits per heavy atom. The molecule has 2 aromatic rings. The molecule has 2 rings (SSSR count). The highest BCUT2D eigenvalue weighted by molar-refractivity contribution is 5.81. The van der Waals surface area contributed by atoms with Crippen molar-refractivity contribution in [2.24, 2.45) is 0 Å². The van der Waals surface area contributed by atoms with Gasteiger partial charge in [0.05, 0.1) is 13.2 Å². The molecule has 0 saturated heterocycles. The van der Waals surface area contributed by atoms with Gasteiger partial charge in [0, 0.05) is 20.1 Å². The molecule has 25 heavy (non-hydrogen) atoms. The van der Waals surface area contributed by atoms with Gasteiger partial charge in [0.2, 0.25) is 5.91 Å². The van der Waals surface area contributed by atoms with E-state index in [9.17, 15) is 9.18 Å². The van der Waals surface area contributed by atoms with E-state index >= 15 is 0 Å². The average Bonchev–Trinajstić information content (AvgIpc) is 2.61. The number of methoxy groups -OCH3 is 1. The first-order valence-electron chi connectivity index (χ1n) is 8.24. The van der Waals surface area contributed by atoms with Crippen molar-refractivity contribution in [1.82, 2.24) is 9.80 Å². The normalized spacial score (nSPS) is 12.1. The van der Waals surface area contributed by atoms with Crippen LogP contribution < -0.4 is 4.74 Å². The summed E-state index contributed by atoms with van der Waals surface area (Å²) in [5.41, 5.74) is 1.89. The van der Waals surface area contributed by atoms with Crippen LogP contribution in [-0.4, -0.2) is 43.0 Å². The summed E-state index contributed by atoms with van der Waals surface area (Å²) in [6, 6.07) is 14.4. The van der Waals surface area contributed by atoms with Gasteiger partial charge in [0.15, 0.2) is 11.6 Å². The number of hydrogen-bond acceptors (Lipinski definition) is 3. The molecule has 0 aliphatic carbocycles. The number of amides is 1. The number of nitrogens with zero attached hydrogens (tertiary/aromatic N) is 2. The van der Waals surface area contributed by atoms with E-state index in [-0.39, 0.29) is 17.7 Å². The minimum Gasteiger partial charge on any atom is -0.494 e. The van der Waals surface area contributed by atoms with E-state index in [0.717, 1.165) is 11.1 Å². The molecule has 0 aromatic heterocycles. The predicted molar refractivity (Wildman–Crippen MR) is 96.8 cm³/mol. The molecule has 0 saturated carbocycles. The first kappa shape index (κ1) is 18.9. The third-order valence-corrected chi connectivity index (χ3v) is 4.31. The maximum atomic E-state index is 13.8. The molecule has 0 unspecified atom stereocenters. The van der Waals surface area contributed by atoms with Gasteiger partial charge in [-0.2, -0.15) is 0 Å². The van der Waals surface area contributed by atoms with Crippen molar-refractivity contribution in [3.63, 3.8) is 0 Å². The lowest BCUT2D eigenvalue weighted by Gasteiger charge is -2.28. The van der Waals surface area contributed by atoms with Gasteiger partial charge in [-0.25, -0.2) is 4.39 Å². The van der Waals surface area contributed by atoms with Crippen LogP contribution in [0.5, 0.6) is 5.75 Å². The Hall–Kier alpha value is -2.40. The highest BCUT2D eigenvalue weighted by Crippen LogP contribution is 2.19. The standard InChI is InChI=1S/C20H25FN2O2/c1-15(20(24)23(3)13-16-8-6-5-7-9-16)22(2)14-17-10-11-19(25-4)18(21)12-17/h5-12,15H,13-14H2,1-4H3/t15-/m0/s1. The average molecular weight is 344 g/mol. The second-order valence-corrected chi connectivity index (χ2v) is 6.24. The van der Waals surface area contributed by atoms with Crippen LogP contribution in [0, 0.1) is 5.82 Å². The fourth-order valence-electron chi connectivity index (χ4n) is 2.68. The molecule has 0 bridgehead atoms. The Morgan fingerprint density at radius 2 is 1.76 bits per heavy atom. The lowest BCUT2D eigenvalue weighted by molar-refractivity contribution is -0.135. The zero-order valence-electron chi connectivity index (χ0n) is 15.2. The molecule has 0 aliphatic heterocycles. The van der Waals surface area contributed by atoms with Gasteiger partial charge in [-0.1, -0.05) is 36.4 Å². The van der Waals surface area contributed by atoms with E-state index in [1.54, 1.807) is 18.0 Å². The van der Waals surface area contributed by atoms with Crippen LogP contribution >= 0.6 is 0 Å². The zero-order chi connectivity index (χ0) is 18.4. The highest BCUT2D eigenvalue weighted by atomic mass is 19.1. The topological polar surface area (TPSA) is 32.8 Å². The molecule has 0 spiro atoms. The minimum absolute atomic E-state index is 0.0281. The molecule has 0 N–H and O–H groups in total. The van der Waals surface area contributed by atoms with Crippen LogP contribution in [0.15, 0.2) is 48.5 Å². The van der Waals surface area contributed by atoms with Crippen molar-refractivity contribution in [2.75, 3.05) is 21.2 Å². The molecular weight excluding hydrogens is 319 g/mol. The predicted octanol–water partition coefficient (Wildman–Crippen LogP) is 3.31. The molecule has 134 valence electrons. The van der Waals surface area contributed by atoms with E-state index < -0.39 is 5.82 Å². The maximum absolute atomic E-state index is 13.8. The monoisotopic (exact) mass is 344 g/mol. The van der Waals surface area contributed by atoms with E-state index in [1.807, 2.05) is 55.3 Å². The fraction of sp³-hybridized carbons (Fsp3) is 0.350. The van der Waals surface area contributed by atoms with Crippen LogP contribution in [0.1, 0.15) is 18.1 Å². The maximum Gasteiger partial charge on any atom is 0.239 e. The zero-order valence-corrected chi connectivity index (χ0v) is 15.2. The molecule has 4 nitrogen and oxygen atoms in total. The Labute approximate surface area is 148 Å². The summed E-state index contributed by atoms with van der Waals surface area (Å²) >= 11 is 0. The van der Waals surface area contributed by atoms with Crippen LogP contribution in [0.3, 0.4) is 0 Å². The van der Waals surface area contributed by atoms with Crippen molar-refractivity contribution in [1.29, 1.82) is 0 Å². The number of rotatable bonds is 7. The molecular formula is C20H25FN2O2. The van der Waals surface area contributed by atoms with Crippen LogP contribution in [-0.2, 0) is 17.9 Å². The van der Waals surface area contributed by atoms with Crippen LogP contribution in [0.25, 0.3) is 0 Å². The first-order chi connectivity index (χ1) is 11.9. The summed E-state index contributed by atoms with van der Waals surface area (Å²) in [7, 11) is 5.10. The molecule has 0 fully saturated rings. The second-order valence-electron chi connectivity index (χ2n) is 6.24. The van der Waals surface area contributed by atoms with Crippen molar-refractivity contribution < 1.29 is 13.9 Å². The second kappa shape index (κ2) is 8.62. The minimum atomic E-state index is -0.395. The van der Waals surface area contributed by atoms with Gasteiger partial charge in [-0.05, 0) is 37.2 Å². The number of benzene rings is 2. The molecule has 0 aliphatic rings. The third kappa shape index (κ3) is 5.03. The molecule has 1 amide bonds. The fourth-order valence-corrected chi connectivity index (χ4v) is 2.68. The van der Waals surface area contributed by atoms with Gasteiger partial charge < -0.3 is 9.64 Å². The lowest BCUT2D eigenvalue weighted by atomic mass is 10.1. The van der Waals surface area contributed by atoms with E-state index in [4.69, 9.17) is 4.74 Å². The van der Waals surface area contributed by atoms with Crippen LogP contribution in [0.4, 0.5) is 4.39 Å². The number of halogens is 1. The number of carbonyl (C=O) groups excluding carboxylic acids is 1. The van der Waals surface area contributed by atoms with Crippen molar-refractivity contribution in [2.45, 2.75) is 26.1 Å². The number of carbonyl (C=O) groups is 1. The van der Waals surface area contributed by atoms with E-state index in [2.05, 4.69) is 0 Å². The molecule has 0 radical (unpaired) electrons. The lowest BCUT2D eigenvalue weighted by Crippen LogP contribution is -2.43. The Kier molecular flexibility index (Phi) is 6.53. The van der Waals surface area contributed by atoms with Crippen molar-refractivity contribution >= 4 is 5.91 Å². The summed E-state index contributed by atoms with van der Waals surface area (Å²) in [6.07, 6.45) is 0. The van der Waals surface area contributed by atoms with Crippen LogP contribution in [0.2, 0.25) is 0 Å². The van der Waals surface area contributed by atoms with Gasteiger partial charge in [-0.15, -0.1) is 0 Å². The van der Waals surface area contributed by atoms with Crippen molar-refractivity contribution in [3.8, 4) is 5.75 Å². The van der Waals surface area contributed by atoms with Gasteiger partial charge in [0.25, 0.3) is 0 Å². The quantitative estimate of drug-likeness (QED) is 0.772. The molecule has 5 heteroatoms. The summed E-state index contributed by atoms with van der Waals surface area (Å²) in [5, 5.41) is 0. The smallest absolute Gasteiger partial charge is 0.239 e. The summed E-state index contributed by atoms with van der Waals surface area (Å²) in [5.74, 6) is -0.146. The Bertz CT molecular complexity index is 706. The largest absolute Gasteiger partial charge is 0.494 e. The molecule has 1 atom stereocenters. The van der Waals surface area contributed by atoms with E-state index in [1.165, 1.54) is 13.2 Å².